The Morgan fingerprint density at radius 1 is 1.50 bits per heavy atom. The smallest absolute Gasteiger partial charge is 0.451 e. The summed E-state index contributed by atoms with van der Waals surface area (Å²) in [6.45, 7) is 0.0197. The van der Waals surface area contributed by atoms with Crippen molar-refractivity contribution in [1.82, 2.24) is 15.3 Å². The number of carbonyl (C=O) groups excluding carboxylic acids is 2. The Labute approximate surface area is 141 Å². The van der Waals surface area contributed by atoms with Crippen LogP contribution in [0.15, 0.2) is 12.3 Å². The SMILES string of the molecule is Cl.NC(C[C@@H]1CCNC1=O)C(=O)COc1ccnc(C(F)(F)F)n1. The van der Waals surface area contributed by atoms with Crippen molar-refractivity contribution in [1.29, 1.82) is 0 Å². The van der Waals surface area contributed by atoms with Gasteiger partial charge in [0.1, 0.15) is 6.61 Å². The number of carbonyl (C=O) groups is 2. The van der Waals surface area contributed by atoms with Crippen LogP contribution in [0.25, 0.3) is 0 Å². The van der Waals surface area contributed by atoms with Gasteiger partial charge in [0.25, 0.3) is 0 Å². The van der Waals surface area contributed by atoms with Crippen LogP contribution in [0.2, 0.25) is 0 Å². The summed E-state index contributed by atoms with van der Waals surface area (Å²) in [4.78, 5) is 29.5. The molecule has 0 radical (unpaired) electrons. The van der Waals surface area contributed by atoms with Crippen LogP contribution < -0.4 is 15.8 Å². The highest BCUT2D eigenvalue weighted by atomic mass is 35.5. The predicted molar refractivity (Wildman–Crippen MR) is 78.5 cm³/mol. The number of nitrogens with one attached hydrogen (secondary N) is 1. The minimum absolute atomic E-state index is 0. The summed E-state index contributed by atoms with van der Waals surface area (Å²) in [5.41, 5.74) is 5.70. The van der Waals surface area contributed by atoms with Crippen LogP contribution in [-0.2, 0) is 15.8 Å². The molecule has 0 saturated carbocycles. The molecule has 1 aromatic rings. The predicted octanol–water partition coefficient (Wildman–Crippen LogP) is 0.719. The van der Waals surface area contributed by atoms with E-state index in [0.717, 1.165) is 12.3 Å². The second-order valence-corrected chi connectivity index (χ2v) is 5.09. The molecule has 2 heterocycles. The maximum Gasteiger partial charge on any atom is 0.451 e. The maximum absolute atomic E-state index is 12.5. The van der Waals surface area contributed by atoms with Gasteiger partial charge in [0.2, 0.25) is 17.6 Å². The first-order valence-corrected chi connectivity index (χ1v) is 6.86. The third kappa shape index (κ3) is 5.31. The molecule has 0 bridgehead atoms. The van der Waals surface area contributed by atoms with Gasteiger partial charge in [-0.1, -0.05) is 0 Å². The highest BCUT2D eigenvalue weighted by Crippen LogP contribution is 2.26. The van der Waals surface area contributed by atoms with Gasteiger partial charge >= 0.3 is 6.18 Å². The lowest BCUT2D eigenvalue weighted by Crippen LogP contribution is -2.37. The van der Waals surface area contributed by atoms with Crippen molar-refractivity contribution in [3.8, 4) is 5.88 Å². The molecule has 11 heteroatoms. The molecular formula is C13H16ClF3N4O3. The van der Waals surface area contributed by atoms with Gasteiger partial charge in [0.15, 0.2) is 5.78 Å². The topological polar surface area (TPSA) is 107 Å². The Balaban J connectivity index is 0.00000288. The van der Waals surface area contributed by atoms with E-state index in [0.29, 0.717) is 13.0 Å². The molecule has 0 aromatic carbocycles. The van der Waals surface area contributed by atoms with Gasteiger partial charge in [-0.15, -0.1) is 12.4 Å². The lowest BCUT2D eigenvalue weighted by molar-refractivity contribution is -0.145. The molecule has 1 amide bonds. The fraction of sp³-hybridized carbons (Fsp3) is 0.538. The van der Waals surface area contributed by atoms with Crippen molar-refractivity contribution in [3.63, 3.8) is 0 Å². The fourth-order valence-corrected chi connectivity index (χ4v) is 2.12. The lowest BCUT2D eigenvalue weighted by Gasteiger charge is -2.14. The highest BCUT2D eigenvalue weighted by molar-refractivity contribution is 5.87. The molecule has 1 unspecified atom stereocenters. The van der Waals surface area contributed by atoms with Crippen LogP contribution in [0.5, 0.6) is 5.88 Å². The highest BCUT2D eigenvalue weighted by Gasteiger charge is 2.35. The van der Waals surface area contributed by atoms with Gasteiger partial charge in [-0.25, -0.2) is 4.98 Å². The average molecular weight is 369 g/mol. The molecule has 7 nitrogen and oxygen atoms in total. The zero-order valence-electron chi connectivity index (χ0n) is 12.4. The standard InChI is InChI=1S/C13H15F3N4O3.ClH/c14-13(15,16)12-19-4-2-10(20-12)23-6-9(21)8(17)5-7-1-3-18-11(7)22;/h2,4,7-8H,1,3,5-6,17H2,(H,18,22);1H/t7-,8?;/m0./s1. The van der Waals surface area contributed by atoms with Crippen molar-refractivity contribution < 1.29 is 27.5 Å². The van der Waals surface area contributed by atoms with E-state index in [4.69, 9.17) is 10.5 Å². The number of nitrogens with zero attached hydrogens (tertiary/aromatic N) is 2. The molecule has 1 aliphatic heterocycles. The van der Waals surface area contributed by atoms with E-state index in [2.05, 4.69) is 15.3 Å². The van der Waals surface area contributed by atoms with Crippen molar-refractivity contribution >= 4 is 24.1 Å². The third-order valence-corrected chi connectivity index (χ3v) is 3.36. The van der Waals surface area contributed by atoms with E-state index < -0.39 is 30.4 Å². The molecule has 1 aliphatic rings. The molecule has 1 fully saturated rings. The summed E-state index contributed by atoms with van der Waals surface area (Å²) < 4.78 is 42.3. The number of hydrogen-bond donors (Lipinski definition) is 2. The van der Waals surface area contributed by atoms with Crippen LogP contribution >= 0.6 is 12.4 Å². The van der Waals surface area contributed by atoms with E-state index in [1.807, 2.05) is 0 Å². The van der Waals surface area contributed by atoms with Crippen molar-refractivity contribution in [3.05, 3.63) is 18.1 Å². The number of halogens is 4. The normalized spacial score (nSPS) is 18.5. The molecule has 3 N–H and O–H groups in total. The number of alkyl halides is 3. The maximum atomic E-state index is 12.5. The first-order chi connectivity index (χ1) is 10.8. The van der Waals surface area contributed by atoms with Crippen LogP contribution in [-0.4, -0.2) is 40.9 Å². The average Bonchev–Trinajstić information content (AvgIpc) is 2.89. The van der Waals surface area contributed by atoms with Crippen LogP contribution in [0, 0.1) is 5.92 Å². The number of hydrogen-bond acceptors (Lipinski definition) is 6. The summed E-state index contributed by atoms with van der Waals surface area (Å²) in [5, 5.41) is 2.63. The molecule has 0 spiro atoms. The van der Waals surface area contributed by atoms with Crippen LogP contribution in [0.4, 0.5) is 13.2 Å². The molecule has 134 valence electrons. The first-order valence-electron chi connectivity index (χ1n) is 6.86. The van der Waals surface area contributed by atoms with Crippen molar-refractivity contribution in [2.24, 2.45) is 11.7 Å². The number of aromatic nitrogens is 2. The van der Waals surface area contributed by atoms with Gasteiger partial charge in [-0.2, -0.15) is 18.2 Å². The molecule has 2 atom stereocenters. The van der Waals surface area contributed by atoms with Gasteiger partial charge in [-0.3, -0.25) is 9.59 Å². The minimum Gasteiger partial charge on any atom is -0.470 e. The summed E-state index contributed by atoms with van der Waals surface area (Å²) in [6.07, 6.45) is -3.04. The number of rotatable bonds is 6. The Kier molecular flexibility index (Phi) is 6.91. The molecule has 0 aliphatic carbocycles. The summed E-state index contributed by atoms with van der Waals surface area (Å²) in [6, 6.07) is 0.186. The van der Waals surface area contributed by atoms with E-state index in [9.17, 15) is 22.8 Å². The summed E-state index contributed by atoms with van der Waals surface area (Å²) in [7, 11) is 0. The fourth-order valence-electron chi connectivity index (χ4n) is 2.12. The summed E-state index contributed by atoms with van der Waals surface area (Å²) in [5.74, 6) is -2.72. The number of amides is 1. The monoisotopic (exact) mass is 368 g/mol. The summed E-state index contributed by atoms with van der Waals surface area (Å²) >= 11 is 0. The number of ether oxygens (including phenoxy) is 1. The second kappa shape index (κ2) is 8.25. The molecule has 24 heavy (non-hydrogen) atoms. The van der Waals surface area contributed by atoms with Gasteiger partial charge in [0.05, 0.1) is 6.04 Å². The lowest BCUT2D eigenvalue weighted by atomic mass is 9.97. The molecular weight excluding hydrogens is 353 g/mol. The first kappa shape index (κ1) is 20.1. The van der Waals surface area contributed by atoms with E-state index in [-0.39, 0.29) is 36.5 Å². The van der Waals surface area contributed by atoms with E-state index in [1.54, 1.807) is 0 Å². The number of Topliss-reactive ketones (excluding diaryl/α,β-unsaturated/α-hetero) is 1. The third-order valence-electron chi connectivity index (χ3n) is 3.36. The quantitative estimate of drug-likeness (QED) is 0.766. The van der Waals surface area contributed by atoms with Gasteiger partial charge < -0.3 is 15.8 Å². The number of ketones is 1. The Bertz CT molecular complexity index is 600. The zero-order valence-corrected chi connectivity index (χ0v) is 13.2. The zero-order chi connectivity index (χ0) is 17.0. The Morgan fingerprint density at radius 2 is 2.21 bits per heavy atom. The molecule has 2 rings (SSSR count). The van der Waals surface area contributed by atoms with E-state index in [1.165, 1.54) is 0 Å². The Morgan fingerprint density at radius 3 is 2.79 bits per heavy atom. The van der Waals surface area contributed by atoms with Crippen molar-refractivity contribution in [2.75, 3.05) is 13.2 Å². The second-order valence-electron chi connectivity index (χ2n) is 5.09. The Hall–Kier alpha value is -1.94. The van der Waals surface area contributed by atoms with Crippen molar-refractivity contribution in [2.45, 2.75) is 25.1 Å². The van der Waals surface area contributed by atoms with Gasteiger partial charge in [-0.05, 0) is 12.8 Å². The van der Waals surface area contributed by atoms with Crippen LogP contribution in [0.1, 0.15) is 18.7 Å². The largest absolute Gasteiger partial charge is 0.470 e. The van der Waals surface area contributed by atoms with Gasteiger partial charge in [0, 0.05) is 24.7 Å². The molecule has 1 aromatic heterocycles. The number of nitrogens with two attached hydrogens (primary N) is 1. The van der Waals surface area contributed by atoms with Crippen LogP contribution in [0.3, 0.4) is 0 Å². The van der Waals surface area contributed by atoms with E-state index >= 15 is 0 Å². The molecule has 1 saturated heterocycles. The minimum atomic E-state index is -4.70.